The van der Waals surface area contributed by atoms with E-state index in [1.54, 1.807) is 37.3 Å². The van der Waals surface area contributed by atoms with Crippen molar-refractivity contribution < 1.29 is 27.5 Å². The summed E-state index contributed by atoms with van der Waals surface area (Å²) < 4.78 is 47.5. The van der Waals surface area contributed by atoms with Crippen LogP contribution in [0.15, 0.2) is 54.7 Å². The number of nitrogens with one attached hydrogen (secondary N) is 2. The first-order valence-electron chi connectivity index (χ1n) is 8.31. The van der Waals surface area contributed by atoms with Crippen LogP contribution in [-0.4, -0.2) is 30.1 Å². The molecule has 0 aliphatic rings. The molecular weight excluding hydrogens is 373 g/mol. The number of para-hydroxylation sites is 1. The topological polar surface area (TPSA) is 71.2 Å². The second-order valence-electron chi connectivity index (χ2n) is 6.31. The summed E-state index contributed by atoms with van der Waals surface area (Å²) in [6.45, 7) is 1.70. The molecule has 0 bridgehead atoms. The Morgan fingerprint density at radius 2 is 1.79 bits per heavy atom. The number of benzene rings is 2. The number of ether oxygens (including phenoxy) is 1. The minimum absolute atomic E-state index is 0.00244. The Morgan fingerprint density at radius 3 is 2.43 bits per heavy atom. The average molecular weight is 390 g/mol. The Balaban J connectivity index is 2.22. The molecule has 0 spiro atoms. The van der Waals surface area contributed by atoms with Crippen LogP contribution in [0.1, 0.15) is 21.5 Å². The predicted molar refractivity (Wildman–Crippen MR) is 96.7 cm³/mol. The number of aromatic nitrogens is 1. The molecule has 3 aromatic rings. The van der Waals surface area contributed by atoms with Crippen molar-refractivity contribution in [3.8, 4) is 0 Å². The quantitative estimate of drug-likeness (QED) is 0.665. The molecule has 2 N–H and O–H groups in total. The Kier molecular flexibility index (Phi) is 4.89. The summed E-state index contributed by atoms with van der Waals surface area (Å²) in [5.74, 6) is -2.68. The molecule has 3 rings (SSSR count). The van der Waals surface area contributed by atoms with E-state index in [1.165, 1.54) is 18.2 Å². The lowest BCUT2D eigenvalue weighted by molar-refractivity contribution is -0.212. The average Bonchev–Trinajstić information content (AvgIpc) is 3.08. The summed E-state index contributed by atoms with van der Waals surface area (Å²) in [5, 5.41) is 2.05. The second-order valence-corrected chi connectivity index (χ2v) is 6.31. The summed E-state index contributed by atoms with van der Waals surface area (Å²) >= 11 is 0. The number of H-pyrrole nitrogens is 1. The van der Waals surface area contributed by atoms with E-state index in [2.05, 4.69) is 9.72 Å². The van der Waals surface area contributed by atoms with Crippen LogP contribution in [0.5, 0.6) is 0 Å². The first kappa shape index (κ1) is 19.5. The van der Waals surface area contributed by atoms with Gasteiger partial charge in [-0.25, -0.2) is 4.79 Å². The van der Waals surface area contributed by atoms with Gasteiger partial charge in [0.15, 0.2) is 0 Å². The van der Waals surface area contributed by atoms with E-state index in [0.29, 0.717) is 11.1 Å². The molecule has 1 atom stereocenters. The number of hydrogen-bond acceptors (Lipinski definition) is 3. The Hall–Kier alpha value is -3.29. The molecule has 0 fully saturated rings. The third kappa shape index (κ3) is 3.11. The van der Waals surface area contributed by atoms with Crippen LogP contribution in [-0.2, 0) is 15.1 Å². The van der Waals surface area contributed by atoms with Gasteiger partial charge in [-0.1, -0.05) is 35.9 Å². The Bertz CT molecular complexity index is 1040. The normalized spacial score (nSPS) is 13.8. The molecule has 146 valence electrons. The van der Waals surface area contributed by atoms with Gasteiger partial charge in [-0.15, -0.1) is 0 Å². The largest absolute Gasteiger partial charge is 0.467 e. The molecule has 0 saturated carbocycles. The van der Waals surface area contributed by atoms with E-state index in [4.69, 9.17) is 0 Å². The van der Waals surface area contributed by atoms with Crippen molar-refractivity contribution in [2.45, 2.75) is 18.6 Å². The van der Waals surface area contributed by atoms with Crippen LogP contribution in [0.4, 0.5) is 13.2 Å². The van der Waals surface area contributed by atoms with Gasteiger partial charge in [0, 0.05) is 28.2 Å². The number of esters is 1. The number of alkyl halides is 3. The third-order valence-electron chi connectivity index (χ3n) is 4.49. The van der Waals surface area contributed by atoms with Crippen LogP contribution in [0.2, 0.25) is 0 Å². The molecule has 1 aromatic heterocycles. The number of amides is 1. The van der Waals surface area contributed by atoms with Crippen molar-refractivity contribution in [1.29, 1.82) is 0 Å². The molecule has 1 amide bonds. The molecule has 28 heavy (non-hydrogen) atoms. The number of carbonyl (C=O) groups excluding carboxylic acids is 2. The summed E-state index contributed by atoms with van der Waals surface area (Å²) in [6, 6.07) is 12.2. The smallest absolute Gasteiger partial charge is 0.426 e. The molecule has 1 heterocycles. The summed E-state index contributed by atoms with van der Waals surface area (Å²) in [6.07, 6.45) is -4.10. The van der Waals surface area contributed by atoms with Crippen LogP contribution >= 0.6 is 0 Å². The first-order valence-corrected chi connectivity index (χ1v) is 8.31. The summed E-state index contributed by atoms with van der Waals surface area (Å²) in [7, 11) is 0.844. The number of hydrogen-bond donors (Lipinski definition) is 2. The van der Waals surface area contributed by atoms with E-state index in [9.17, 15) is 22.8 Å². The van der Waals surface area contributed by atoms with Crippen molar-refractivity contribution in [1.82, 2.24) is 10.3 Å². The Morgan fingerprint density at radius 1 is 1.07 bits per heavy atom. The number of aromatic amines is 1. The fourth-order valence-corrected chi connectivity index (χ4v) is 3.13. The second kappa shape index (κ2) is 7.03. The number of fused-ring (bicyclic) bond motifs is 1. The van der Waals surface area contributed by atoms with E-state index >= 15 is 0 Å². The van der Waals surface area contributed by atoms with Gasteiger partial charge in [0.1, 0.15) is 0 Å². The van der Waals surface area contributed by atoms with Gasteiger partial charge in [-0.2, -0.15) is 13.2 Å². The molecule has 1 unspecified atom stereocenters. The first-order chi connectivity index (χ1) is 13.2. The standard InChI is InChI=1S/C20H17F3N2O3/c1-12-6-5-7-13(10-12)17(26)25-19(18(27)28-2,20(21,22)23)15-11-24-16-9-4-3-8-14(15)16/h3-11,24H,1-2H3,(H,25,26). The maximum atomic E-state index is 14.3. The number of rotatable bonds is 4. The molecule has 0 aliphatic carbocycles. The fraction of sp³-hybridized carbons (Fsp3) is 0.200. The summed E-state index contributed by atoms with van der Waals surface area (Å²) in [5.41, 5.74) is -2.74. The van der Waals surface area contributed by atoms with Crippen molar-refractivity contribution in [2.75, 3.05) is 7.11 Å². The molecule has 0 radical (unpaired) electrons. The molecule has 2 aromatic carbocycles. The molecule has 5 nitrogen and oxygen atoms in total. The lowest BCUT2D eigenvalue weighted by atomic mass is 9.88. The highest BCUT2D eigenvalue weighted by atomic mass is 19.4. The highest BCUT2D eigenvalue weighted by Gasteiger charge is 2.64. The van der Waals surface area contributed by atoms with Crippen molar-refractivity contribution >= 4 is 22.8 Å². The van der Waals surface area contributed by atoms with Gasteiger partial charge in [0.2, 0.25) is 0 Å². The molecule has 0 aliphatic heterocycles. The zero-order valence-electron chi connectivity index (χ0n) is 15.1. The number of methoxy groups -OCH3 is 1. The minimum atomic E-state index is -5.16. The highest BCUT2D eigenvalue weighted by Crippen LogP contribution is 2.43. The van der Waals surface area contributed by atoms with Crippen molar-refractivity contribution in [2.24, 2.45) is 0 Å². The van der Waals surface area contributed by atoms with Gasteiger partial charge in [-0.3, -0.25) is 4.79 Å². The zero-order chi connectivity index (χ0) is 20.5. The maximum absolute atomic E-state index is 14.3. The van der Waals surface area contributed by atoms with Crippen LogP contribution < -0.4 is 5.32 Å². The zero-order valence-corrected chi connectivity index (χ0v) is 15.1. The number of carbonyl (C=O) groups is 2. The molecular formula is C20H17F3N2O3. The van der Waals surface area contributed by atoms with Gasteiger partial charge in [-0.05, 0) is 25.1 Å². The van der Waals surface area contributed by atoms with Gasteiger partial charge >= 0.3 is 12.1 Å². The minimum Gasteiger partial charge on any atom is -0.467 e. The number of aryl methyl sites for hydroxylation is 1. The van der Waals surface area contributed by atoms with Gasteiger partial charge in [0.25, 0.3) is 11.4 Å². The van der Waals surface area contributed by atoms with Crippen molar-refractivity contribution in [3.63, 3.8) is 0 Å². The Labute approximate surface area is 158 Å². The molecule has 0 saturated heterocycles. The predicted octanol–water partition coefficient (Wildman–Crippen LogP) is 3.84. The monoisotopic (exact) mass is 390 g/mol. The fourth-order valence-electron chi connectivity index (χ4n) is 3.13. The maximum Gasteiger partial charge on any atom is 0.426 e. The van der Waals surface area contributed by atoms with E-state index in [-0.39, 0.29) is 10.9 Å². The van der Waals surface area contributed by atoms with Gasteiger partial charge in [0.05, 0.1) is 7.11 Å². The molecule has 8 heteroatoms. The van der Waals surface area contributed by atoms with Crippen LogP contribution in [0.25, 0.3) is 10.9 Å². The SMILES string of the molecule is COC(=O)C(NC(=O)c1cccc(C)c1)(c1c[nH]c2ccccc12)C(F)(F)F. The van der Waals surface area contributed by atoms with Crippen molar-refractivity contribution in [3.05, 3.63) is 71.4 Å². The lowest BCUT2D eigenvalue weighted by Crippen LogP contribution is -2.61. The highest BCUT2D eigenvalue weighted by molar-refractivity contribution is 6.01. The van der Waals surface area contributed by atoms with Gasteiger partial charge < -0.3 is 15.0 Å². The summed E-state index contributed by atoms with van der Waals surface area (Å²) in [4.78, 5) is 27.9. The van der Waals surface area contributed by atoms with E-state index < -0.39 is 29.2 Å². The lowest BCUT2D eigenvalue weighted by Gasteiger charge is -2.33. The third-order valence-corrected chi connectivity index (χ3v) is 4.49. The van der Waals surface area contributed by atoms with Crippen LogP contribution in [0.3, 0.4) is 0 Å². The van der Waals surface area contributed by atoms with Crippen LogP contribution in [0, 0.1) is 6.92 Å². The van der Waals surface area contributed by atoms with E-state index in [0.717, 1.165) is 13.3 Å². The van der Waals surface area contributed by atoms with E-state index in [1.807, 2.05) is 5.32 Å². The number of halogens is 3.